The summed E-state index contributed by atoms with van der Waals surface area (Å²) in [6.07, 6.45) is 2.44. The first-order chi connectivity index (χ1) is 12.0. The molecule has 0 bridgehead atoms. The van der Waals surface area contributed by atoms with E-state index in [9.17, 15) is 13.7 Å². The third-order valence-corrected chi connectivity index (χ3v) is 6.58. The molecule has 2 aromatic rings. The van der Waals surface area contributed by atoms with E-state index in [2.05, 4.69) is 10.8 Å². The Morgan fingerprint density at radius 3 is 2.36 bits per heavy atom. The van der Waals surface area contributed by atoms with E-state index in [0.29, 0.717) is 30.7 Å². The van der Waals surface area contributed by atoms with Gasteiger partial charge in [-0.15, -0.1) is 0 Å². The van der Waals surface area contributed by atoms with Crippen LogP contribution in [0.3, 0.4) is 0 Å². The van der Waals surface area contributed by atoms with Crippen molar-refractivity contribution < 1.29 is 8.42 Å². The van der Waals surface area contributed by atoms with Crippen LogP contribution in [-0.4, -0.2) is 14.5 Å². The number of nitrogens with one attached hydrogen (secondary N) is 1. The van der Waals surface area contributed by atoms with Gasteiger partial charge in [0.15, 0.2) is 0 Å². The number of nitriles is 1. The largest absolute Gasteiger partial charge is 0.240 e. The summed E-state index contributed by atoms with van der Waals surface area (Å²) in [5.41, 5.74) is 0.312. The fourth-order valence-electron chi connectivity index (χ4n) is 3.37. The van der Waals surface area contributed by atoms with E-state index < -0.39 is 15.4 Å². The molecule has 6 heteroatoms. The Morgan fingerprint density at radius 1 is 1.08 bits per heavy atom. The zero-order valence-corrected chi connectivity index (χ0v) is 15.2. The molecule has 0 aliphatic heterocycles. The highest BCUT2D eigenvalue weighted by Gasteiger charge is 2.38. The molecule has 0 aromatic heterocycles. The second-order valence-electron chi connectivity index (χ2n) is 6.41. The standard InChI is InChI=1S/C19H19ClN2O2S/c20-16-6-4-5-15(13-16)19(14-21)11-9-17(10-12-19)22-25(23,24)18-7-2-1-3-8-18/h1-8,13,17,22H,9-12H2. The van der Waals surface area contributed by atoms with E-state index in [4.69, 9.17) is 11.6 Å². The molecule has 0 atom stereocenters. The topological polar surface area (TPSA) is 70.0 Å². The van der Waals surface area contributed by atoms with Crippen molar-refractivity contribution in [3.05, 3.63) is 65.2 Å². The molecule has 0 heterocycles. The van der Waals surface area contributed by atoms with Crippen molar-refractivity contribution in [1.82, 2.24) is 4.72 Å². The number of rotatable bonds is 4. The summed E-state index contributed by atoms with van der Waals surface area (Å²) < 4.78 is 27.7. The van der Waals surface area contributed by atoms with Crippen LogP contribution in [0, 0.1) is 11.3 Å². The predicted octanol–water partition coefficient (Wildman–Crippen LogP) is 4.02. The third-order valence-electron chi connectivity index (χ3n) is 4.81. The molecule has 1 aliphatic rings. The lowest BCUT2D eigenvalue weighted by Crippen LogP contribution is -2.41. The highest BCUT2D eigenvalue weighted by molar-refractivity contribution is 7.89. The van der Waals surface area contributed by atoms with Crippen LogP contribution < -0.4 is 4.72 Å². The molecule has 0 spiro atoms. The van der Waals surface area contributed by atoms with E-state index in [-0.39, 0.29) is 10.9 Å². The molecule has 1 N–H and O–H groups in total. The highest BCUT2D eigenvalue weighted by Crippen LogP contribution is 2.40. The quantitative estimate of drug-likeness (QED) is 0.878. The van der Waals surface area contributed by atoms with Gasteiger partial charge in [0, 0.05) is 11.1 Å². The molecule has 25 heavy (non-hydrogen) atoms. The Morgan fingerprint density at radius 2 is 1.76 bits per heavy atom. The van der Waals surface area contributed by atoms with E-state index >= 15 is 0 Å². The number of sulfonamides is 1. The first-order valence-corrected chi connectivity index (χ1v) is 10.1. The summed E-state index contributed by atoms with van der Waals surface area (Å²) in [5, 5.41) is 10.4. The summed E-state index contributed by atoms with van der Waals surface area (Å²) in [6.45, 7) is 0. The monoisotopic (exact) mass is 374 g/mol. The average molecular weight is 375 g/mol. The molecular weight excluding hydrogens is 356 g/mol. The Hall–Kier alpha value is -1.87. The normalized spacial score (nSPS) is 23.8. The molecule has 1 aliphatic carbocycles. The van der Waals surface area contributed by atoms with Crippen molar-refractivity contribution in [2.75, 3.05) is 0 Å². The van der Waals surface area contributed by atoms with E-state index in [0.717, 1.165) is 5.56 Å². The zero-order chi connectivity index (χ0) is 17.9. The zero-order valence-electron chi connectivity index (χ0n) is 13.7. The number of halogens is 1. The predicted molar refractivity (Wildman–Crippen MR) is 97.8 cm³/mol. The molecule has 1 saturated carbocycles. The van der Waals surface area contributed by atoms with Gasteiger partial charge in [-0.25, -0.2) is 13.1 Å². The molecule has 0 radical (unpaired) electrons. The fraction of sp³-hybridized carbons (Fsp3) is 0.316. The molecular formula is C19H19ClN2O2S. The van der Waals surface area contributed by atoms with Gasteiger partial charge in [0.1, 0.15) is 0 Å². The van der Waals surface area contributed by atoms with Crippen LogP contribution in [0.15, 0.2) is 59.5 Å². The molecule has 0 amide bonds. The first kappa shape index (κ1) is 17.9. The maximum Gasteiger partial charge on any atom is 0.240 e. The highest BCUT2D eigenvalue weighted by atomic mass is 35.5. The average Bonchev–Trinajstić information content (AvgIpc) is 2.63. The van der Waals surface area contributed by atoms with Gasteiger partial charge in [0.05, 0.1) is 16.4 Å². The Bertz CT molecular complexity index is 883. The minimum absolute atomic E-state index is 0.161. The molecule has 0 saturated heterocycles. The summed E-state index contributed by atoms with van der Waals surface area (Å²) >= 11 is 6.07. The maximum atomic E-state index is 12.5. The summed E-state index contributed by atoms with van der Waals surface area (Å²) in [5.74, 6) is 0. The van der Waals surface area contributed by atoms with Crippen molar-refractivity contribution >= 4 is 21.6 Å². The number of benzene rings is 2. The van der Waals surface area contributed by atoms with E-state index in [1.54, 1.807) is 36.4 Å². The molecule has 0 unspecified atom stereocenters. The van der Waals surface area contributed by atoms with Gasteiger partial charge in [-0.05, 0) is 55.5 Å². The van der Waals surface area contributed by atoms with Gasteiger partial charge in [0.25, 0.3) is 0 Å². The van der Waals surface area contributed by atoms with Gasteiger partial charge in [-0.1, -0.05) is 41.9 Å². The van der Waals surface area contributed by atoms with Crippen molar-refractivity contribution in [1.29, 1.82) is 5.26 Å². The van der Waals surface area contributed by atoms with Crippen molar-refractivity contribution in [3.8, 4) is 6.07 Å². The van der Waals surface area contributed by atoms with Gasteiger partial charge >= 0.3 is 0 Å². The van der Waals surface area contributed by atoms with Crippen LogP contribution in [0.25, 0.3) is 0 Å². The lowest BCUT2D eigenvalue weighted by atomic mass is 9.69. The van der Waals surface area contributed by atoms with Crippen molar-refractivity contribution in [2.24, 2.45) is 0 Å². The van der Waals surface area contributed by atoms with Gasteiger partial charge < -0.3 is 0 Å². The summed E-state index contributed by atoms with van der Waals surface area (Å²) in [7, 11) is -3.53. The summed E-state index contributed by atoms with van der Waals surface area (Å²) in [6, 6.07) is 18.0. The van der Waals surface area contributed by atoms with Crippen LogP contribution >= 0.6 is 11.6 Å². The Kier molecular flexibility index (Phi) is 5.14. The number of hydrogen-bond acceptors (Lipinski definition) is 3. The third kappa shape index (κ3) is 3.87. The van der Waals surface area contributed by atoms with Crippen LogP contribution in [-0.2, 0) is 15.4 Å². The first-order valence-electron chi connectivity index (χ1n) is 8.20. The second-order valence-corrected chi connectivity index (χ2v) is 8.56. The Labute approximate surface area is 153 Å². The van der Waals surface area contributed by atoms with Crippen molar-refractivity contribution in [3.63, 3.8) is 0 Å². The van der Waals surface area contributed by atoms with Gasteiger partial charge in [-0.3, -0.25) is 0 Å². The molecule has 3 rings (SSSR count). The van der Waals surface area contributed by atoms with E-state index in [1.165, 1.54) is 0 Å². The van der Waals surface area contributed by atoms with Crippen LogP contribution in [0.1, 0.15) is 31.2 Å². The fourth-order valence-corrected chi connectivity index (χ4v) is 4.88. The van der Waals surface area contributed by atoms with Crippen LogP contribution in [0.5, 0.6) is 0 Å². The maximum absolute atomic E-state index is 12.5. The molecule has 4 nitrogen and oxygen atoms in total. The van der Waals surface area contributed by atoms with Gasteiger partial charge in [-0.2, -0.15) is 5.26 Å². The van der Waals surface area contributed by atoms with Crippen LogP contribution in [0.2, 0.25) is 5.02 Å². The molecule has 130 valence electrons. The van der Waals surface area contributed by atoms with Gasteiger partial charge in [0.2, 0.25) is 10.0 Å². The van der Waals surface area contributed by atoms with Crippen LogP contribution in [0.4, 0.5) is 0 Å². The Balaban J connectivity index is 1.72. The number of hydrogen-bond donors (Lipinski definition) is 1. The SMILES string of the molecule is N#CC1(c2cccc(Cl)c2)CCC(NS(=O)(=O)c2ccccc2)CC1. The second kappa shape index (κ2) is 7.17. The number of nitrogens with zero attached hydrogens (tertiary/aromatic N) is 1. The lowest BCUT2D eigenvalue weighted by molar-refractivity contribution is 0.318. The smallest absolute Gasteiger partial charge is 0.208 e. The minimum atomic E-state index is -3.53. The van der Waals surface area contributed by atoms with Crippen molar-refractivity contribution in [2.45, 2.75) is 42.0 Å². The van der Waals surface area contributed by atoms with E-state index in [1.807, 2.05) is 18.2 Å². The molecule has 2 aromatic carbocycles. The molecule has 1 fully saturated rings. The minimum Gasteiger partial charge on any atom is -0.208 e. The summed E-state index contributed by atoms with van der Waals surface area (Å²) in [4.78, 5) is 0.266. The lowest BCUT2D eigenvalue weighted by Gasteiger charge is -2.35.